The second kappa shape index (κ2) is 15.8. The van der Waals surface area contributed by atoms with E-state index < -0.39 is 27.8 Å². The standard InChI is InChI=1S/C35H45N7O6S/c1-35(2,3)48-34(45)40(25-32(43)28-11-6-21-36-24-28)23-20-27-12-14-29(15-13-27)37-49(46,47)31-18-16-30(17-19-31)42-33(44)41(38-39-42)22-7-10-26-8-4-5-9-26/h6,11-19,21,24,26,32,37,43H,4-5,7-10,20,22-23,25H2,1-3H3/t32-/m0/s1. The van der Waals surface area contributed by atoms with E-state index in [1.54, 1.807) is 69.6 Å². The molecule has 1 amide bonds. The van der Waals surface area contributed by atoms with Crippen molar-refractivity contribution in [2.75, 3.05) is 17.8 Å². The van der Waals surface area contributed by atoms with Gasteiger partial charge in [0.05, 0.1) is 23.2 Å². The molecule has 2 heterocycles. The van der Waals surface area contributed by atoms with Crippen LogP contribution < -0.4 is 10.4 Å². The van der Waals surface area contributed by atoms with Gasteiger partial charge in [0.1, 0.15) is 5.60 Å². The van der Waals surface area contributed by atoms with Crippen LogP contribution in [-0.2, 0) is 27.7 Å². The van der Waals surface area contributed by atoms with Crippen molar-refractivity contribution >= 4 is 21.8 Å². The summed E-state index contributed by atoms with van der Waals surface area (Å²) in [5, 5.41) is 18.7. The lowest BCUT2D eigenvalue weighted by molar-refractivity contribution is 0.0146. The normalized spacial score (nSPS) is 14.4. The van der Waals surface area contributed by atoms with Crippen LogP contribution in [0.3, 0.4) is 0 Å². The van der Waals surface area contributed by atoms with Gasteiger partial charge >= 0.3 is 11.8 Å². The number of aliphatic hydroxyl groups is 1. The average molecular weight is 692 g/mol. The number of anilines is 1. The molecule has 0 spiro atoms. The third kappa shape index (κ3) is 9.98. The molecule has 49 heavy (non-hydrogen) atoms. The largest absolute Gasteiger partial charge is 0.444 e. The zero-order valence-electron chi connectivity index (χ0n) is 28.2. The maximum atomic E-state index is 13.2. The van der Waals surface area contributed by atoms with Gasteiger partial charge in [0.25, 0.3) is 10.0 Å². The number of hydrogen-bond acceptors (Lipinski definition) is 9. The summed E-state index contributed by atoms with van der Waals surface area (Å²) in [5.74, 6) is 0.734. The molecule has 13 nitrogen and oxygen atoms in total. The summed E-state index contributed by atoms with van der Waals surface area (Å²) in [6.45, 7) is 6.12. The summed E-state index contributed by atoms with van der Waals surface area (Å²) in [5.41, 5.74) is 1.15. The Labute approximate surface area is 287 Å². The number of pyridine rings is 1. The van der Waals surface area contributed by atoms with Crippen molar-refractivity contribution in [2.24, 2.45) is 5.92 Å². The first-order valence-corrected chi connectivity index (χ1v) is 18.2. The van der Waals surface area contributed by atoms with E-state index in [1.165, 1.54) is 64.2 Å². The molecule has 2 aromatic heterocycles. The maximum absolute atomic E-state index is 13.2. The molecular formula is C35H45N7O6S. The zero-order chi connectivity index (χ0) is 35.0. The van der Waals surface area contributed by atoms with Crippen LogP contribution in [0.1, 0.15) is 76.5 Å². The number of rotatable bonds is 14. The van der Waals surface area contributed by atoms with Crippen LogP contribution in [0.25, 0.3) is 5.69 Å². The number of amides is 1. The first kappa shape index (κ1) is 35.7. The summed E-state index contributed by atoms with van der Waals surface area (Å²) in [4.78, 5) is 31.3. The average Bonchev–Trinajstić information content (AvgIpc) is 3.73. The Morgan fingerprint density at radius 3 is 2.43 bits per heavy atom. The number of nitrogens with zero attached hydrogens (tertiary/aromatic N) is 6. The molecule has 1 fully saturated rings. The Hall–Kier alpha value is -4.56. The summed E-state index contributed by atoms with van der Waals surface area (Å²) >= 11 is 0. The second-order valence-electron chi connectivity index (χ2n) is 13.5. The molecule has 0 unspecified atom stereocenters. The molecule has 2 N–H and O–H groups in total. The number of benzene rings is 2. The zero-order valence-corrected chi connectivity index (χ0v) is 29.1. The SMILES string of the molecule is CC(C)(C)OC(=O)N(CCc1ccc(NS(=O)(=O)c2ccc(-n3nnn(CCCC4CCCC4)c3=O)cc2)cc1)C[C@H](O)c1cccnc1. The summed E-state index contributed by atoms with van der Waals surface area (Å²) in [7, 11) is -3.93. The van der Waals surface area contributed by atoms with Crippen LogP contribution in [0.15, 0.2) is 82.7 Å². The fraction of sp³-hybridized carbons (Fsp3) is 0.457. The maximum Gasteiger partial charge on any atom is 0.410 e. The fourth-order valence-corrected chi connectivity index (χ4v) is 6.92. The molecule has 1 aliphatic rings. The van der Waals surface area contributed by atoms with Crippen LogP contribution in [0.2, 0.25) is 0 Å². The van der Waals surface area contributed by atoms with Crippen LogP contribution in [-0.4, -0.2) is 68.0 Å². The molecule has 2 aromatic carbocycles. The van der Waals surface area contributed by atoms with Gasteiger partial charge in [0.2, 0.25) is 0 Å². The number of aromatic nitrogens is 5. The molecule has 5 rings (SSSR count). The summed E-state index contributed by atoms with van der Waals surface area (Å²) < 4.78 is 37.0. The van der Waals surface area contributed by atoms with Crippen LogP contribution in [0.5, 0.6) is 0 Å². The topological polar surface area (TPSA) is 162 Å². The van der Waals surface area contributed by atoms with Crippen LogP contribution in [0.4, 0.5) is 10.5 Å². The van der Waals surface area contributed by atoms with Crippen LogP contribution in [0, 0.1) is 5.92 Å². The number of ether oxygens (including phenoxy) is 1. The lowest BCUT2D eigenvalue weighted by Gasteiger charge is -2.29. The van der Waals surface area contributed by atoms with Crippen molar-refractivity contribution in [3.63, 3.8) is 0 Å². The van der Waals surface area contributed by atoms with Gasteiger partial charge in [-0.05, 0) is 104 Å². The molecule has 4 aromatic rings. The Bertz CT molecular complexity index is 1830. The number of tetrazole rings is 1. The third-order valence-corrected chi connectivity index (χ3v) is 9.88. The number of aryl methyl sites for hydroxylation is 1. The van der Waals surface area contributed by atoms with E-state index >= 15 is 0 Å². The van der Waals surface area contributed by atoms with E-state index in [1.807, 2.05) is 0 Å². The molecular weight excluding hydrogens is 646 g/mol. The van der Waals surface area contributed by atoms with Crippen molar-refractivity contribution in [1.29, 1.82) is 0 Å². The van der Waals surface area contributed by atoms with E-state index in [9.17, 15) is 23.1 Å². The molecule has 0 bridgehead atoms. The molecule has 1 atom stereocenters. The Morgan fingerprint density at radius 2 is 1.78 bits per heavy atom. The number of aliphatic hydroxyl groups excluding tert-OH is 1. The van der Waals surface area contributed by atoms with Gasteiger partial charge in [-0.15, -0.1) is 0 Å². The van der Waals surface area contributed by atoms with Gasteiger partial charge in [-0.3, -0.25) is 9.71 Å². The number of sulfonamides is 1. The van der Waals surface area contributed by atoms with Crippen molar-refractivity contribution in [1.82, 2.24) is 29.7 Å². The first-order valence-electron chi connectivity index (χ1n) is 16.7. The molecule has 0 saturated heterocycles. The van der Waals surface area contributed by atoms with Gasteiger partial charge in [0, 0.05) is 36.7 Å². The predicted molar refractivity (Wildman–Crippen MR) is 185 cm³/mol. The van der Waals surface area contributed by atoms with Gasteiger partial charge in [-0.2, -0.15) is 9.36 Å². The van der Waals surface area contributed by atoms with E-state index in [-0.39, 0.29) is 23.7 Å². The highest BCUT2D eigenvalue weighted by Gasteiger charge is 2.25. The highest BCUT2D eigenvalue weighted by atomic mass is 32.2. The molecule has 1 aliphatic carbocycles. The first-order chi connectivity index (χ1) is 23.4. The van der Waals surface area contributed by atoms with Crippen molar-refractivity contribution in [3.8, 4) is 5.69 Å². The van der Waals surface area contributed by atoms with Crippen LogP contribution >= 0.6 is 0 Å². The van der Waals surface area contributed by atoms with Crippen molar-refractivity contribution < 1.29 is 23.1 Å². The lowest BCUT2D eigenvalue weighted by atomic mass is 10.0. The Kier molecular flexibility index (Phi) is 11.5. The quantitative estimate of drug-likeness (QED) is 0.183. The number of nitrogens with one attached hydrogen (secondary N) is 1. The third-order valence-electron chi connectivity index (χ3n) is 8.48. The predicted octanol–water partition coefficient (Wildman–Crippen LogP) is 5.11. The number of carbonyl (C=O) groups excluding carboxylic acids is 1. The Balaban J connectivity index is 1.17. The van der Waals surface area contributed by atoms with E-state index in [2.05, 4.69) is 20.1 Å². The monoisotopic (exact) mass is 691 g/mol. The number of hydrogen-bond donors (Lipinski definition) is 2. The minimum absolute atomic E-state index is 0.0186. The van der Waals surface area contributed by atoms with Gasteiger partial charge in [0.15, 0.2) is 0 Å². The summed E-state index contributed by atoms with van der Waals surface area (Å²) in [6.07, 6.45) is 9.15. The fourth-order valence-electron chi connectivity index (χ4n) is 5.86. The second-order valence-corrected chi connectivity index (χ2v) is 15.1. The summed E-state index contributed by atoms with van der Waals surface area (Å²) in [6, 6.07) is 16.2. The molecule has 1 saturated carbocycles. The van der Waals surface area contributed by atoms with E-state index in [4.69, 9.17) is 4.74 Å². The van der Waals surface area contributed by atoms with Gasteiger partial charge < -0.3 is 14.7 Å². The van der Waals surface area contributed by atoms with Gasteiger partial charge in [-0.1, -0.05) is 43.9 Å². The number of carbonyl (C=O) groups is 1. The van der Waals surface area contributed by atoms with E-state index in [0.29, 0.717) is 29.9 Å². The van der Waals surface area contributed by atoms with Crippen molar-refractivity contribution in [3.05, 3.63) is 94.7 Å². The van der Waals surface area contributed by atoms with E-state index in [0.717, 1.165) is 24.3 Å². The van der Waals surface area contributed by atoms with Gasteiger partial charge in [-0.25, -0.2) is 18.0 Å². The minimum Gasteiger partial charge on any atom is -0.444 e. The molecule has 262 valence electrons. The molecule has 0 radical (unpaired) electrons. The minimum atomic E-state index is -3.93. The highest BCUT2D eigenvalue weighted by Crippen LogP contribution is 2.28. The Morgan fingerprint density at radius 1 is 1.06 bits per heavy atom. The molecule has 14 heteroatoms. The lowest BCUT2D eigenvalue weighted by Crippen LogP contribution is -2.40. The smallest absolute Gasteiger partial charge is 0.410 e. The molecule has 0 aliphatic heterocycles. The highest BCUT2D eigenvalue weighted by molar-refractivity contribution is 7.92. The van der Waals surface area contributed by atoms with Crippen molar-refractivity contribution in [2.45, 2.75) is 88.9 Å².